The predicted molar refractivity (Wildman–Crippen MR) is 32.7 cm³/mol. The first-order chi connectivity index (χ1) is 3.83. The Morgan fingerprint density at radius 2 is 2.50 bits per heavy atom. The van der Waals surface area contributed by atoms with Gasteiger partial charge in [0.05, 0.1) is 5.69 Å². The first-order valence-electron chi connectivity index (χ1n) is 2.84. The summed E-state index contributed by atoms with van der Waals surface area (Å²) in [4.78, 5) is 7.18. The molecule has 0 radical (unpaired) electrons. The van der Waals surface area contributed by atoms with Crippen LogP contribution < -0.4 is 0 Å². The Bertz CT molecular complexity index is 167. The standard InChI is InChI=1S/C6H10N2/c1-3-6-4-7-5(2)8-6/h4H,3H2,1-2H3,(H,7,8). The fraction of sp³-hybridized carbons (Fsp3) is 0.500. The molecule has 0 atom stereocenters. The van der Waals surface area contributed by atoms with Gasteiger partial charge in [0.25, 0.3) is 0 Å². The Hall–Kier alpha value is -0.790. The molecule has 0 unspecified atom stereocenters. The Labute approximate surface area is 49.0 Å². The fourth-order valence-electron chi connectivity index (χ4n) is 0.649. The van der Waals surface area contributed by atoms with Gasteiger partial charge in [-0.3, -0.25) is 0 Å². The second-order valence-corrected chi connectivity index (χ2v) is 1.83. The van der Waals surface area contributed by atoms with Crippen molar-refractivity contribution < 1.29 is 0 Å². The lowest BCUT2D eigenvalue weighted by Gasteiger charge is -1.79. The third-order valence-corrected chi connectivity index (χ3v) is 1.12. The van der Waals surface area contributed by atoms with Gasteiger partial charge in [0.2, 0.25) is 0 Å². The van der Waals surface area contributed by atoms with Crippen LogP contribution in [0.1, 0.15) is 18.4 Å². The summed E-state index contributed by atoms with van der Waals surface area (Å²) in [6.07, 6.45) is 2.96. The SMILES string of the molecule is CCc1c[nH]c(C)n1. The van der Waals surface area contributed by atoms with Gasteiger partial charge in [-0.1, -0.05) is 6.92 Å². The summed E-state index contributed by atoms with van der Waals surface area (Å²) in [5.74, 6) is 1.00. The van der Waals surface area contributed by atoms with Crippen LogP contribution in [0.15, 0.2) is 6.20 Å². The lowest BCUT2D eigenvalue weighted by atomic mass is 10.4. The lowest BCUT2D eigenvalue weighted by Crippen LogP contribution is -1.76. The highest BCUT2D eigenvalue weighted by Crippen LogP contribution is 1.94. The molecule has 1 aromatic rings. The molecule has 0 amide bonds. The van der Waals surface area contributed by atoms with Gasteiger partial charge in [-0.25, -0.2) is 4.98 Å². The Balaban J connectivity index is 2.84. The topological polar surface area (TPSA) is 28.7 Å². The largest absolute Gasteiger partial charge is 0.349 e. The summed E-state index contributed by atoms with van der Waals surface area (Å²) in [6.45, 7) is 4.05. The summed E-state index contributed by atoms with van der Waals surface area (Å²) in [5, 5.41) is 0. The van der Waals surface area contributed by atoms with E-state index in [2.05, 4.69) is 16.9 Å². The molecular weight excluding hydrogens is 100 g/mol. The third-order valence-electron chi connectivity index (χ3n) is 1.12. The quantitative estimate of drug-likeness (QED) is 0.579. The van der Waals surface area contributed by atoms with Crippen LogP contribution in [-0.4, -0.2) is 9.97 Å². The molecule has 8 heavy (non-hydrogen) atoms. The first-order valence-corrected chi connectivity index (χ1v) is 2.84. The summed E-state index contributed by atoms with van der Waals surface area (Å²) in [6, 6.07) is 0. The summed E-state index contributed by atoms with van der Waals surface area (Å²) < 4.78 is 0. The van der Waals surface area contributed by atoms with Crippen molar-refractivity contribution >= 4 is 0 Å². The predicted octanol–water partition coefficient (Wildman–Crippen LogP) is 1.28. The first kappa shape index (κ1) is 5.35. The van der Waals surface area contributed by atoms with E-state index in [0.29, 0.717) is 0 Å². The maximum Gasteiger partial charge on any atom is 0.103 e. The zero-order chi connectivity index (χ0) is 5.98. The number of H-pyrrole nitrogens is 1. The number of aromatic amines is 1. The maximum absolute atomic E-state index is 4.17. The zero-order valence-electron chi connectivity index (χ0n) is 5.23. The monoisotopic (exact) mass is 110 g/mol. The van der Waals surface area contributed by atoms with Gasteiger partial charge in [0, 0.05) is 6.20 Å². The van der Waals surface area contributed by atoms with E-state index in [1.165, 1.54) is 0 Å². The number of aryl methyl sites for hydroxylation is 2. The van der Waals surface area contributed by atoms with Crippen LogP contribution in [-0.2, 0) is 6.42 Å². The van der Waals surface area contributed by atoms with Crippen molar-refractivity contribution in [1.82, 2.24) is 9.97 Å². The molecule has 0 aliphatic rings. The molecule has 0 aromatic carbocycles. The maximum atomic E-state index is 4.17. The van der Waals surface area contributed by atoms with E-state index in [1.807, 2.05) is 13.1 Å². The minimum absolute atomic E-state index is 1.00. The molecule has 1 N–H and O–H groups in total. The van der Waals surface area contributed by atoms with Crippen LogP contribution in [0.25, 0.3) is 0 Å². The Morgan fingerprint density at radius 3 is 2.75 bits per heavy atom. The van der Waals surface area contributed by atoms with E-state index < -0.39 is 0 Å². The number of hydrogen-bond donors (Lipinski definition) is 1. The van der Waals surface area contributed by atoms with Crippen LogP contribution in [0.5, 0.6) is 0 Å². The van der Waals surface area contributed by atoms with Crippen molar-refractivity contribution in [2.45, 2.75) is 20.3 Å². The van der Waals surface area contributed by atoms with Crippen molar-refractivity contribution in [3.05, 3.63) is 17.7 Å². The fourth-order valence-corrected chi connectivity index (χ4v) is 0.649. The number of rotatable bonds is 1. The molecule has 1 aromatic heterocycles. The van der Waals surface area contributed by atoms with Gasteiger partial charge in [-0.2, -0.15) is 0 Å². The smallest absolute Gasteiger partial charge is 0.103 e. The van der Waals surface area contributed by atoms with E-state index in [4.69, 9.17) is 0 Å². The second kappa shape index (κ2) is 1.99. The van der Waals surface area contributed by atoms with Crippen molar-refractivity contribution in [1.29, 1.82) is 0 Å². The molecule has 44 valence electrons. The molecule has 2 heteroatoms. The molecule has 0 saturated carbocycles. The highest BCUT2D eigenvalue weighted by atomic mass is 14.9. The van der Waals surface area contributed by atoms with Gasteiger partial charge < -0.3 is 4.98 Å². The number of nitrogens with one attached hydrogen (secondary N) is 1. The molecule has 0 spiro atoms. The molecule has 0 aliphatic heterocycles. The molecule has 2 nitrogen and oxygen atoms in total. The van der Waals surface area contributed by atoms with Crippen LogP contribution in [0.2, 0.25) is 0 Å². The van der Waals surface area contributed by atoms with Gasteiger partial charge in [-0.05, 0) is 13.3 Å². The molecule has 1 rings (SSSR count). The van der Waals surface area contributed by atoms with Crippen molar-refractivity contribution in [3.8, 4) is 0 Å². The molecule has 0 aliphatic carbocycles. The summed E-state index contributed by atoms with van der Waals surface area (Å²) in [7, 11) is 0. The molecule has 1 heterocycles. The number of nitrogens with zero attached hydrogens (tertiary/aromatic N) is 1. The van der Waals surface area contributed by atoms with Gasteiger partial charge in [0.15, 0.2) is 0 Å². The van der Waals surface area contributed by atoms with E-state index in [1.54, 1.807) is 0 Å². The number of imidazole rings is 1. The normalized spacial score (nSPS) is 9.75. The molecular formula is C6H10N2. The highest BCUT2D eigenvalue weighted by molar-refractivity contribution is 4.98. The molecule has 0 saturated heterocycles. The molecule has 0 fully saturated rings. The van der Waals surface area contributed by atoms with Crippen LogP contribution in [0.3, 0.4) is 0 Å². The second-order valence-electron chi connectivity index (χ2n) is 1.83. The van der Waals surface area contributed by atoms with Crippen LogP contribution in [0, 0.1) is 6.92 Å². The van der Waals surface area contributed by atoms with Gasteiger partial charge in [-0.15, -0.1) is 0 Å². The van der Waals surface area contributed by atoms with E-state index >= 15 is 0 Å². The summed E-state index contributed by atoms with van der Waals surface area (Å²) in [5.41, 5.74) is 1.14. The van der Waals surface area contributed by atoms with Crippen molar-refractivity contribution in [2.24, 2.45) is 0 Å². The average molecular weight is 110 g/mol. The van der Waals surface area contributed by atoms with Gasteiger partial charge in [0.1, 0.15) is 5.82 Å². The van der Waals surface area contributed by atoms with Crippen LogP contribution >= 0.6 is 0 Å². The van der Waals surface area contributed by atoms with E-state index in [-0.39, 0.29) is 0 Å². The minimum Gasteiger partial charge on any atom is -0.349 e. The highest BCUT2D eigenvalue weighted by Gasteiger charge is 1.89. The Morgan fingerprint density at radius 1 is 1.75 bits per heavy atom. The average Bonchev–Trinajstić information content (AvgIpc) is 2.14. The van der Waals surface area contributed by atoms with E-state index in [9.17, 15) is 0 Å². The number of hydrogen-bond acceptors (Lipinski definition) is 1. The van der Waals surface area contributed by atoms with E-state index in [0.717, 1.165) is 17.9 Å². The summed E-state index contributed by atoms with van der Waals surface area (Å²) >= 11 is 0. The lowest BCUT2D eigenvalue weighted by molar-refractivity contribution is 1.04. The van der Waals surface area contributed by atoms with Gasteiger partial charge >= 0.3 is 0 Å². The number of aromatic nitrogens is 2. The molecule has 0 bridgehead atoms. The van der Waals surface area contributed by atoms with Crippen LogP contribution in [0.4, 0.5) is 0 Å². The van der Waals surface area contributed by atoms with Crippen molar-refractivity contribution in [3.63, 3.8) is 0 Å². The zero-order valence-corrected chi connectivity index (χ0v) is 5.23. The third kappa shape index (κ3) is 0.886. The minimum atomic E-state index is 1.00. The van der Waals surface area contributed by atoms with Crippen molar-refractivity contribution in [2.75, 3.05) is 0 Å². The Kier molecular flexibility index (Phi) is 1.33.